The number of hydrogen-bond acceptors (Lipinski definition) is 0. The minimum atomic E-state index is -1.37. The van der Waals surface area contributed by atoms with E-state index in [9.17, 15) is 0 Å². The van der Waals surface area contributed by atoms with Crippen molar-refractivity contribution in [1.82, 2.24) is 0 Å². The van der Waals surface area contributed by atoms with Crippen molar-refractivity contribution in [3.05, 3.63) is 71.4 Å². The van der Waals surface area contributed by atoms with Gasteiger partial charge in [0, 0.05) is 0 Å². The molecule has 84 valence electrons. The second kappa shape index (κ2) is 3.71. The molecule has 0 aromatic heterocycles. The van der Waals surface area contributed by atoms with E-state index in [0.29, 0.717) is 0 Å². The summed E-state index contributed by atoms with van der Waals surface area (Å²) in [5.41, 5.74) is 6.73. The molecule has 1 aliphatic heterocycles. The maximum absolute atomic E-state index is 2.52. The van der Waals surface area contributed by atoms with Crippen LogP contribution in [0.2, 0.25) is 13.1 Å². The third kappa shape index (κ3) is 1.67. The molecule has 0 saturated carbocycles. The van der Waals surface area contributed by atoms with E-state index < -0.39 is 8.07 Å². The molecule has 0 unspecified atom stereocenters. The summed E-state index contributed by atoms with van der Waals surface area (Å²) in [6.07, 6.45) is 0. The predicted molar refractivity (Wildman–Crippen MR) is 77.1 cm³/mol. The van der Waals surface area contributed by atoms with E-state index >= 15 is 0 Å². The molecule has 0 N–H and O–H groups in total. The van der Waals surface area contributed by atoms with Crippen molar-refractivity contribution >= 4 is 18.8 Å². The highest BCUT2D eigenvalue weighted by Gasteiger charge is 2.31. The molecule has 0 fully saturated rings. The van der Waals surface area contributed by atoms with E-state index in [0.717, 1.165) is 0 Å². The van der Waals surface area contributed by atoms with Gasteiger partial charge < -0.3 is 0 Å². The molecule has 0 aliphatic carbocycles. The van der Waals surface area contributed by atoms with E-state index in [1.54, 1.807) is 5.19 Å². The molecule has 1 aliphatic rings. The van der Waals surface area contributed by atoms with Gasteiger partial charge in [0.25, 0.3) is 0 Å². The molecule has 0 radical (unpaired) electrons. The van der Waals surface area contributed by atoms with Gasteiger partial charge >= 0.3 is 0 Å². The van der Waals surface area contributed by atoms with Gasteiger partial charge in [-0.1, -0.05) is 73.4 Å². The second-order valence-corrected chi connectivity index (χ2v) is 9.46. The summed E-state index contributed by atoms with van der Waals surface area (Å²) >= 11 is 0. The summed E-state index contributed by atoms with van der Waals surface area (Å²) in [6, 6.07) is 19.6. The van der Waals surface area contributed by atoms with Crippen LogP contribution in [-0.4, -0.2) is 8.07 Å². The van der Waals surface area contributed by atoms with E-state index in [1.165, 1.54) is 16.7 Å². The molecule has 1 heteroatoms. The van der Waals surface area contributed by atoms with Crippen molar-refractivity contribution < 1.29 is 0 Å². The van der Waals surface area contributed by atoms with E-state index in [1.807, 2.05) is 0 Å². The molecular formula is C16H16Si. The fraction of sp³-hybridized carbons (Fsp3) is 0.125. The summed E-state index contributed by atoms with van der Waals surface area (Å²) in [7, 11) is -1.37. The van der Waals surface area contributed by atoms with Crippen molar-refractivity contribution in [2.75, 3.05) is 0 Å². The number of fused-ring (bicyclic) bond motifs is 1. The van der Waals surface area contributed by atoms with Crippen LogP contribution in [-0.2, 0) is 0 Å². The standard InChI is InChI=1S/C16H16Si/c1-17(2)12-15(13-8-4-3-5-9-13)14-10-6-7-11-16(14)17/h3-12H,1-2H3. The summed E-state index contributed by atoms with van der Waals surface area (Å²) in [5.74, 6) is 0. The average Bonchev–Trinajstić information content (AvgIpc) is 2.64. The van der Waals surface area contributed by atoms with Crippen LogP contribution >= 0.6 is 0 Å². The van der Waals surface area contributed by atoms with Crippen molar-refractivity contribution in [3.63, 3.8) is 0 Å². The maximum atomic E-state index is 2.52. The lowest BCUT2D eigenvalue weighted by molar-refractivity contribution is 1.59. The first kappa shape index (κ1) is 10.5. The SMILES string of the molecule is C[Si]1(C)C=C(c2ccccc2)c2ccccc21. The van der Waals surface area contributed by atoms with Crippen LogP contribution in [0.4, 0.5) is 0 Å². The van der Waals surface area contributed by atoms with E-state index in [4.69, 9.17) is 0 Å². The van der Waals surface area contributed by atoms with E-state index in [-0.39, 0.29) is 0 Å². The van der Waals surface area contributed by atoms with Crippen LogP contribution in [0.3, 0.4) is 0 Å². The summed E-state index contributed by atoms with van der Waals surface area (Å²) < 4.78 is 0. The molecule has 0 bridgehead atoms. The first-order valence-electron chi connectivity index (χ1n) is 6.07. The smallest absolute Gasteiger partial charge is 0.0818 e. The Labute approximate surface area is 104 Å². The molecule has 0 nitrogen and oxygen atoms in total. The lowest BCUT2D eigenvalue weighted by Crippen LogP contribution is -2.37. The zero-order valence-electron chi connectivity index (χ0n) is 10.3. The van der Waals surface area contributed by atoms with Crippen LogP contribution in [0, 0.1) is 0 Å². The third-order valence-corrected chi connectivity index (χ3v) is 6.34. The molecule has 0 atom stereocenters. The predicted octanol–water partition coefficient (Wildman–Crippen LogP) is 3.59. The molecule has 17 heavy (non-hydrogen) atoms. The van der Waals surface area contributed by atoms with Crippen molar-refractivity contribution in [3.8, 4) is 0 Å². The monoisotopic (exact) mass is 236 g/mol. The first-order chi connectivity index (χ1) is 8.18. The van der Waals surface area contributed by atoms with Crippen molar-refractivity contribution in [2.45, 2.75) is 13.1 Å². The van der Waals surface area contributed by atoms with Crippen LogP contribution < -0.4 is 5.19 Å². The lowest BCUT2D eigenvalue weighted by Gasteiger charge is -2.14. The molecule has 2 aromatic rings. The summed E-state index contributed by atoms with van der Waals surface area (Å²) in [4.78, 5) is 0. The zero-order valence-corrected chi connectivity index (χ0v) is 11.3. The highest BCUT2D eigenvalue weighted by Crippen LogP contribution is 2.31. The number of rotatable bonds is 1. The van der Waals surface area contributed by atoms with Gasteiger partial charge in [0.05, 0.1) is 0 Å². The van der Waals surface area contributed by atoms with Crippen LogP contribution in [0.25, 0.3) is 5.57 Å². The Morgan fingerprint density at radius 3 is 2.18 bits per heavy atom. The van der Waals surface area contributed by atoms with Gasteiger partial charge in [0.1, 0.15) is 8.07 Å². The van der Waals surface area contributed by atoms with Gasteiger partial charge in [-0.2, -0.15) is 0 Å². The highest BCUT2D eigenvalue weighted by atomic mass is 28.3. The molecule has 3 rings (SSSR count). The summed E-state index contributed by atoms with van der Waals surface area (Å²) in [6.45, 7) is 4.84. The molecule has 0 saturated heterocycles. The highest BCUT2D eigenvalue weighted by molar-refractivity contribution is 6.96. The normalized spacial score (nSPS) is 16.5. The molecule has 0 spiro atoms. The quantitative estimate of drug-likeness (QED) is 0.664. The number of benzene rings is 2. The molecular weight excluding hydrogens is 220 g/mol. The largest absolute Gasteiger partial charge is 0.105 e. The van der Waals surface area contributed by atoms with Crippen LogP contribution in [0.5, 0.6) is 0 Å². The fourth-order valence-electron chi connectivity index (χ4n) is 2.65. The van der Waals surface area contributed by atoms with Crippen LogP contribution in [0.15, 0.2) is 60.3 Å². The van der Waals surface area contributed by atoms with Crippen molar-refractivity contribution in [2.24, 2.45) is 0 Å². The lowest BCUT2D eigenvalue weighted by atomic mass is 10.00. The van der Waals surface area contributed by atoms with Gasteiger partial charge in [-0.25, -0.2) is 0 Å². The Bertz CT molecular complexity index is 579. The summed E-state index contributed by atoms with van der Waals surface area (Å²) in [5, 5.41) is 1.57. The van der Waals surface area contributed by atoms with Gasteiger partial charge in [-0.05, 0) is 21.9 Å². The second-order valence-electron chi connectivity index (χ2n) is 5.19. The fourth-order valence-corrected chi connectivity index (χ4v) is 5.29. The van der Waals surface area contributed by atoms with Crippen molar-refractivity contribution in [1.29, 1.82) is 0 Å². The van der Waals surface area contributed by atoms with Gasteiger partial charge in [-0.15, -0.1) is 0 Å². The topological polar surface area (TPSA) is 0 Å². The average molecular weight is 236 g/mol. The Morgan fingerprint density at radius 1 is 0.765 bits per heavy atom. The molecule has 1 heterocycles. The van der Waals surface area contributed by atoms with Gasteiger partial charge in [0.2, 0.25) is 0 Å². The molecule has 2 aromatic carbocycles. The Hall–Kier alpha value is -1.60. The Morgan fingerprint density at radius 2 is 1.41 bits per heavy atom. The third-order valence-electron chi connectivity index (χ3n) is 3.50. The van der Waals surface area contributed by atoms with Gasteiger partial charge in [0.15, 0.2) is 0 Å². The Balaban J connectivity index is 2.21. The van der Waals surface area contributed by atoms with E-state index in [2.05, 4.69) is 73.4 Å². The first-order valence-corrected chi connectivity index (χ1v) is 9.14. The van der Waals surface area contributed by atoms with Crippen LogP contribution in [0.1, 0.15) is 11.1 Å². The minimum Gasteiger partial charge on any atom is -0.0818 e. The maximum Gasteiger partial charge on any atom is 0.105 e. The number of hydrogen-bond donors (Lipinski definition) is 0. The Kier molecular flexibility index (Phi) is 2.30. The minimum absolute atomic E-state index is 1.35. The van der Waals surface area contributed by atoms with Gasteiger partial charge in [-0.3, -0.25) is 0 Å². The zero-order chi connectivity index (χ0) is 11.9. The molecule has 0 amide bonds.